The summed E-state index contributed by atoms with van der Waals surface area (Å²) in [4.78, 5) is 32.1. The lowest BCUT2D eigenvalue weighted by Crippen LogP contribution is -2.36. The van der Waals surface area contributed by atoms with Crippen LogP contribution < -0.4 is 10.2 Å². The topological polar surface area (TPSA) is 95.4 Å². The summed E-state index contributed by atoms with van der Waals surface area (Å²) in [5.74, 6) is -0.0904. The van der Waals surface area contributed by atoms with Crippen LogP contribution >= 0.6 is 0 Å². The monoisotopic (exact) mass is 292 g/mol. The molecule has 0 atom stereocenters. The van der Waals surface area contributed by atoms with E-state index in [1.54, 1.807) is 0 Å². The molecule has 2 rings (SSSR count). The van der Waals surface area contributed by atoms with Crippen LogP contribution in [0.25, 0.3) is 0 Å². The van der Waals surface area contributed by atoms with E-state index in [0.29, 0.717) is 18.9 Å². The number of rotatable bonds is 7. The Morgan fingerprint density at radius 3 is 2.67 bits per heavy atom. The highest BCUT2D eigenvalue weighted by Crippen LogP contribution is 2.26. The first-order valence-electron chi connectivity index (χ1n) is 7.12. The van der Waals surface area contributed by atoms with Crippen LogP contribution in [0.15, 0.2) is 12.4 Å². The van der Waals surface area contributed by atoms with Crippen molar-refractivity contribution >= 4 is 17.7 Å². The van der Waals surface area contributed by atoms with Gasteiger partial charge >= 0.3 is 5.97 Å². The maximum atomic E-state index is 11.6. The van der Waals surface area contributed by atoms with E-state index >= 15 is 0 Å². The van der Waals surface area contributed by atoms with Gasteiger partial charge in [-0.1, -0.05) is 6.42 Å². The predicted octanol–water partition coefficient (Wildman–Crippen LogP) is 0.917. The first kappa shape index (κ1) is 15.2. The number of carbonyl (C=O) groups excluding carboxylic acids is 1. The van der Waals surface area contributed by atoms with E-state index in [2.05, 4.69) is 15.3 Å². The molecule has 0 bridgehead atoms. The van der Waals surface area contributed by atoms with E-state index in [1.807, 2.05) is 11.9 Å². The number of hydrogen-bond donors (Lipinski definition) is 2. The summed E-state index contributed by atoms with van der Waals surface area (Å²) in [6, 6.07) is 0. The largest absolute Gasteiger partial charge is 0.476 e. The first-order valence-corrected chi connectivity index (χ1v) is 7.12. The van der Waals surface area contributed by atoms with Gasteiger partial charge in [-0.15, -0.1) is 0 Å². The molecule has 7 nitrogen and oxygen atoms in total. The summed E-state index contributed by atoms with van der Waals surface area (Å²) >= 11 is 0. The zero-order chi connectivity index (χ0) is 15.2. The van der Waals surface area contributed by atoms with Gasteiger partial charge in [-0.25, -0.2) is 14.8 Å². The van der Waals surface area contributed by atoms with E-state index in [-0.39, 0.29) is 17.5 Å². The molecule has 1 aliphatic rings. The number of anilines is 1. The zero-order valence-electron chi connectivity index (χ0n) is 12.1. The average molecular weight is 292 g/mol. The molecule has 1 aliphatic carbocycles. The molecule has 1 fully saturated rings. The molecule has 0 spiro atoms. The Hall–Kier alpha value is -2.18. The highest BCUT2D eigenvalue weighted by atomic mass is 16.4. The Kier molecular flexibility index (Phi) is 5.08. The second kappa shape index (κ2) is 7.01. The number of carboxylic acids is 1. The van der Waals surface area contributed by atoms with E-state index in [1.165, 1.54) is 12.4 Å². The number of aromatic nitrogens is 2. The Bertz CT molecular complexity index is 499. The maximum Gasteiger partial charge on any atom is 0.356 e. The van der Waals surface area contributed by atoms with Crippen molar-refractivity contribution in [1.29, 1.82) is 0 Å². The van der Waals surface area contributed by atoms with Crippen molar-refractivity contribution in [3.8, 4) is 0 Å². The molecule has 0 radical (unpaired) electrons. The van der Waals surface area contributed by atoms with Gasteiger partial charge in [-0.3, -0.25) is 4.79 Å². The van der Waals surface area contributed by atoms with Crippen molar-refractivity contribution in [2.45, 2.75) is 25.7 Å². The highest BCUT2D eigenvalue weighted by Gasteiger charge is 2.24. The molecule has 0 aromatic carbocycles. The lowest BCUT2D eigenvalue weighted by atomic mass is 9.85. The Balaban J connectivity index is 1.70. The van der Waals surface area contributed by atoms with Crippen LogP contribution in [-0.2, 0) is 4.79 Å². The fourth-order valence-corrected chi connectivity index (χ4v) is 2.09. The fraction of sp³-hybridized carbons (Fsp3) is 0.571. The van der Waals surface area contributed by atoms with Gasteiger partial charge in [0.2, 0.25) is 5.91 Å². The lowest BCUT2D eigenvalue weighted by Gasteiger charge is -2.24. The summed E-state index contributed by atoms with van der Waals surface area (Å²) in [7, 11) is 1.86. The van der Waals surface area contributed by atoms with Gasteiger partial charge in [0.15, 0.2) is 5.69 Å². The number of amides is 1. The normalized spacial score (nSPS) is 14.3. The van der Waals surface area contributed by atoms with Gasteiger partial charge in [0.1, 0.15) is 5.82 Å². The average Bonchev–Trinajstić information content (AvgIpc) is 2.41. The second-order valence-corrected chi connectivity index (χ2v) is 5.26. The third kappa shape index (κ3) is 4.14. The molecule has 1 aromatic heterocycles. The molecule has 1 heterocycles. The molecule has 21 heavy (non-hydrogen) atoms. The van der Waals surface area contributed by atoms with Crippen LogP contribution in [0.2, 0.25) is 0 Å². The summed E-state index contributed by atoms with van der Waals surface area (Å²) in [5.41, 5.74) is -0.0695. The minimum atomic E-state index is -1.09. The molecule has 114 valence electrons. The Morgan fingerprint density at radius 1 is 1.38 bits per heavy atom. The van der Waals surface area contributed by atoms with E-state index < -0.39 is 5.97 Å². The van der Waals surface area contributed by atoms with E-state index in [9.17, 15) is 9.59 Å². The lowest BCUT2D eigenvalue weighted by molar-refractivity contribution is -0.127. The Labute approximate surface area is 123 Å². The fourth-order valence-electron chi connectivity index (χ4n) is 2.09. The summed E-state index contributed by atoms with van der Waals surface area (Å²) in [5, 5.41) is 11.7. The number of carbonyl (C=O) groups is 2. The molecule has 0 unspecified atom stereocenters. The first-order chi connectivity index (χ1) is 10.1. The van der Waals surface area contributed by atoms with Crippen LogP contribution in [-0.4, -0.2) is 47.1 Å². The Morgan fingerprint density at radius 2 is 2.14 bits per heavy atom. The third-order valence-electron chi connectivity index (χ3n) is 3.69. The molecular formula is C14H20N4O3. The van der Waals surface area contributed by atoms with Crippen LogP contribution in [0.1, 0.15) is 36.2 Å². The SMILES string of the molecule is CN(CCCNC(=O)C1CCC1)c1cnc(C(=O)O)cn1. The number of hydrogen-bond acceptors (Lipinski definition) is 5. The minimum absolute atomic E-state index is 0.0695. The highest BCUT2D eigenvalue weighted by molar-refractivity contribution is 5.84. The number of aromatic carboxylic acids is 1. The van der Waals surface area contributed by atoms with Crippen LogP contribution in [0, 0.1) is 5.92 Å². The van der Waals surface area contributed by atoms with Gasteiger partial charge < -0.3 is 15.3 Å². The van der Waals surface area contributed by atoms with Crippen molar-refractivity contribution in [1.82, 2.24) is 15.3 Å². The molecule has 0 saturated heterocycles. The van der Waals surface area contributed by atoms with Crippen LogP contribution in [0.5, 0.6) is 0 Å². The van der Waals surface area contributed by atoms with Crippen molar-refractivity contribution in [2.75, 3.05) is 25.0 Å². The van der Waals surface area contributed by atoms with Crippen LogP contribution in [0.4, 0.5) is 5.82 Å². The van der Waals surface area contributed by atoms with Crippen molar-refractivity contribution in [2.24, 2.45) is 5.92 Å². The molecule has 7 heteroatoms. The summed E-state index contributed by atoms with van der Waals surface area (Å²) < 4.78 is 0. The van der Waals surface area contributed by atoms with E-state index in [4.69, 9.17) is 5.11 Å². The molecular weight excluding hydrogens is 272 g/mol. The molecule has 0 aliphatic heterocycles. The maximum absolute atomic E-state index is 11.6. The molecule has 1 aromatic rings. The van der Waals surface area contributed by atoms with Gasteiger partial charge in [0, 0.05) is 26.1 Å². The number of nitrogens with one attached hydrogen (secondary N) is 1. The molecule has 2 N–H and O–H groups in total. The summed E-state index contributed by atoms with van der Waals surface area (Å²) in [6.45, 7) is 1.35. The van der Waals surface area contributed by atoms with Crippen molar-refractivity contribution in [3.05, 3.63) is 18.1 Å². The number of nitrogens with zero attached hydrogens (tertiary/aromatic N) is 3. The summed E-state index contributed by atoms with van der Waals surface area (Å²) in [6.07, 6.45) is 6.67. The van der Waals surface area contributed by atoms with E-state index in [0.717, 1.165) is 25.7 Å². The van der Waals surface area contributed by atoms with Gasteiger partial charge in [-0.05, 0) is 19.3 Å². The van der Waals surface area contributed by atoms with Crippen LogP contribution in [0.3, 0.4) is 0 Å². The minimum Gasteiger partial charge on any atom is -0.476 e. The number of carboxylic acid groups (broad SMARTS) is 1. The van der Waals surface area contributed by atoms with Gasteiger partial charge in [0.05, 0.1) is 12.4 Å². The second-order valence-electron chi connectivity index (χ2n) is 5.26. The van der Waals surface area contributed by atoms with Gasteiger partial charge in [0.25, 0.3) is 0 Å². The molecule has 1 saturated carbocycles. The van der Waals surface area contributed by atoms with Crippen molar-refractivity contribution < 1.29 is 14.7 Å². The third-order valence-corrected chi connectivity index (χ3v) is 3.69. The predicted molar refractivity (Wildman–Crippen MR) is 77.2 cm³/mol. The smallest absolute Gasteiger partial charge is 0.356 e. The molecule has 1 amide bonds. The zero-order valence-corrected chi connectivity index (χ0v) is 12.1. The standard InChI is InChI=1S/C14H20N4O3/c1-18(12-9-16-11(8-17-12)14(20)21)7-3-6-15-13(19)10-4-2-5-10/h8-10H,2-7H2,1H3,(H,15,19)(H,20,21). The van der Waals surface area contributed by atoms with Crippen molar-refractivity contribution in [3.63, 3.8) is 0 Å². The van der Waals surface area contributed by atoms with Gasteiger partial charge in [-0.2, -0.15) is 0 Å². The quantitative estimate of drug-likeness (QED) is 0.725.